The highest BCUT2D eigenvalue weighted by atomic mass is 16.2. The molecule has 0 saturated carbocycles. The summed E-state index contributed by atoms with van der Waals surface area (Å²) in [6.07, 6.45) is 11.8. The molecule has 2 aliphatic rings. The van der Waals surface area contributed by atoms with E-state index < -0.39 is 0 Å². The smallest absolute Gasteiger partial charge is 0.237 e. The van der Waals surface area contributed by atoms with Gasteiger partial charge in [-0.25, -0.2) is 0 Å². The van der Waals surface area contributed by atoms with Crippen LogP contribution in [0.15, 0.2) is 0 Å². The third kappa shape index (κ3) is 3.14. The number of carbonyl (C=O) groups is 1. The molecule has 0 radical (unpaired) electrons. The number of fused-ring (bicyclic) bond motifs is 1. The van der Waals surface area contributed by atoms with Crippen LogP contribution in [0.25, 0.3) is 0 Å². The second-order valence-corrected chi connectivity index (χ2v) is 6.05. The number of nitrogens with zero attached hydrogens (tertiary/aromatic N) is 4. The lowest BCUT2D eigenvalue weighted by Crippen LogP contribution is -2.49. The Balaban J connectivity index is 1.60. The Hall–Kier alpha value is -1.87. The van der Waals surface area contributed by atoms with Crippen LogP contribution in [0, 0.1) is 12.3 Å². The molecule has 118 valence electrons. The first-order valence-corrected chi connectivity index (χ1v) is 8.16. The van der Waals surface area contributed by atoms with Gasteiger partial charge in [-0.15, -0.1) is 16.6 Å². The average Bonchev–Trinajstić information content (AvgIpc) is 2.97. The summed E-state index contributed by atoms with van der Waals surface area (Å²) in [6, 6.07) is -0.103. The van der Waals surface area contributed by atoms with Crippen molar-refractivity contribution in [2.45, 2.75) is 57.7 Å². The molecule has 0 unspecified atom stereocenters. The number of hydrogen-bond acceptors (Lipinski definition) is 4. The summed E-state index contributed by atoms with van der Waals surface area (Å²) in [7, 11) is 0. The van der Waals surface area contributed by atoms with Crippen molar-refractivity contribution in [1.29, 1.82) is 0 Å². The molecular weight excluding hydrogens is 278 g/mol. The molecular formula is C16H23N5O. The Morgan fingerprint density at radius 3 is 3.00 bits per heavy atom. The maximum atomic E-state index is 12.5. The second kappa shape index (κ2) is 6.93. The molecule has 3 rings (SSSR count). The molecule has 1 atom stereocenters. The van der Waals surface area contributed by atoms with Gasteiger partial charge in [-0.3, -0.25) is 9.69 Å². The number of piperidine rings is 1. The van der Waals surface area contributed by atoms with Crippen molar-refractivity contribution < 1.29 is 4.79 Å². The zero-order valence-electron chi connectivity index (χ0n) is 12.9. The number of aryl methyl sites for hydroxylation is 1. The third-order valence-corrected chi connectivity index (χ3v) is 4.57. The number of nitrogens with one attached hydrogen (secondary N) is 1. The molecule has 1 fully saturated rings. The number of amides is 1. The van der Waals surface area contributed by atoms with Crippen LogP contribution >= 0.6 is 0 Å². The van der Waals surface area contributed by atoms with Gasteiger partial charge in [-0.1, -0.05) is 12.3 Å². The number of aromatic nitrogens is 3. The Morgan fingerprint density at radius 1 is 1.27 bits per heavy atom. The number of carbonyl (C=O) groups excluding carboxylic acids is 1. The predicted octanol–water partition coefficient (Wildman–Crippen LogP) is 0.718. The molecule has 1 aromatic rings. The Kier molecular flexibility index (Phi) is 4.74. The average molecular weight is 301 g/mol. The van der Waals surface area contributed by atoms with Crippen LogP contribution in [-0.2, 0) is 24.3 Å². The van der Waals surface area contributed by atoms with Crippen molar-refractivity contribution in [2.75, 3.05) is 13.1 Å². The summed E-state index contributed by atoms with van der Waals surface area (Å²) < 4.78 is 2.14. The largest absolute Gasteiger partial charge is 0.347 e. The minimum absolute atomic E-state index is 0.0584. The molecule has 0 spiro atoms. The summed E-state index contributed by atoms with van der Waals surface area (Å²) >= 11 is 0. The van der Waals surface area contributed by atoms with Crippen molar-refractivity contribution in [2.24, 2.45) is 0 Å². The van der Waals surface area contributed by atoms with Gasteiger partial charge >= 0.3 is 0 Å². The molecule has 1 saturated heterocycles. The fourth-order valence-electron chi connectivity index (χ4n) is 3.38. The van der Waals surface area contributed by atoms with E-state index in [0.29, 0.717) is 13.1 Å². The number of hydrogen-bond donors (Lipinski definition) is 1. The van der Waals surface area contributed by atoms with Gasteiger partial charge in [0.15, 0.2) is 5.82 Å². The first-order chi connectivity index (χ1) is 10.8. The van der Waals surface area contributed by atoms with Gasteiger partial charge in [0.1, 0.15) is 5.82 Å². The van der Waals surface area contributed by atoms with Crippen molar-refractivity contribution in [3.05, 3.63) is 11.6 Å². The molecule has 0 aliphatic carbocycles. The van der Waals surface area contributed by atoms with Crippen LogP contribution in [0.3, 0.4) is 0 Å². The van der Waals surface area contributed by atoms with Crippen molar-refractivity contribution in [1.82, 2.24) is 25.0 Å². The topological polar surface area (TPSA) is 63.1 Å². The van der Waals surface area contributed by atoms with E-state index in [9.17, 15) is 4.79 Å². The van der Waals surface area contributed by atoms with Crippen LogP contribution in [-0.4, -0.2) is 44.7 Å². The minimum atomic E-state index is -0.103. The van der Waals surface area contributed by atoms with Crippen LogP contribution in [0.2, 0.25) is 0 Å². The van der Waals surface area contributed by atoms with Crippen LogP contribution in [0.1, 0.15) is 43.8 Å². The van der Waals surface area contributed by atoms with E-state index in [1.807, 2.05) is 0 Å². The van der Waals surface area contributed by atoms with E-state index in [4.69, 9.17) is 6.42 Å². The van der Waals surface area contributed by atoms with Gasteiger partial charge in [-0.05, 0) is 32.2 Å². The van der Waals surface area contributed by atoms with E-state index in [1.54, 1.807) is 0 Å². The van der Waals surface area contributed by atoms with Crippen LogP contribution in [0.4, 0.5) is 0 Å². The first kappa shape index (κ1) is 15.0. The lowest BCUT2D eigenvalue weighted by molar-refractivity contribution is -0.127. The molecule has 22 heavy (non-hydrogen) atoms. The maximum absolute atomic E-state index is 12.5. The SMILES string of the molecule is C#CCN1CCCC[C@H]1C(=O)NCc1nnc2n1CCCC2. The van der Waals surface area contributed by atoms with Gasteiger partial charge in [0, 0.05) is 13.0 Å². The molecule has 1 aromatic heterocycles. The quantitative estimate of drug-likeness (QED) is 0.832. The predicted molar refractivity (Wildman–Crippen MR) is 82.9 cm³/mol. The summed E-state index contributed by atoms with van der Waals surface area (Å²) in [5.41, 5.74) is 0. The molecule has 3 heterocycles. The van der Waals surface area contributed by atoms with E-state index in [2.05, 4.69) is 30.9 Å². The second-order valence-electron chi connectivity index (χ2n) is 6.05. The first-order valence-electron chi connectivity index (χ1n) is 8.16. The zero-order valence-corrected chi connectivity index (χ0v) is 12.9. The van der Waals surface area contributed by atoms with Crippen LogP contribution < -0.4 is 5.32 Å². The lowest BCUT2D eigenvalue weighted by Gasteiger charge is -2.33. The maximum Gasteiger partial charge on any atom is 0.237 e. The van der Waals surface area contributed by atoms with Gasteiger partial charge in [0.2, 0.25) is 5.91 Å². The van der Waals surface area contributed by atoms with Crippen molar-refractivity contribution in [3.8, 4) is 12.3 Å². The zero-order chi connectivity index (χ0) is 15.4. The highest BCUT2D eigenvalue weighted by molar-refractivity contribution is 5.81. The Bertz CT molecular complexity index is 574. The number of likely N-dealkylation sites (tertiary alicyclic amines) is 1. The molecule has 1 N–H and O–H groups in total. The van der Waals surface area contributed by atoms with E-state index in [0.717, 1.165) is 56.8 Å². The highest BCUT2D eigenvalue weighted by Gasteiger charge is 2.28. The summed E-state index contributed by atoms with van der Waals surface area (Å²) in [5.74, 6) is 4.62. The molecule has 6 nitrogen and oxygen atoms in total. The van der Waals surface area contributed by atoms with Crippen molar-refractivity contribution >= 4 is 5.91 Å². The normalized spacial score (nSPS) is 21.9. The van der Waals surface area contributed by atoms with E-state index in [-0.39, 0.29) is 11.9 Å². The fraction of sp³-hybridized carbons (Fsp3) is 0.688. The number of rotatable bonds is 4. The van der Waals surface area contributed by atoms with Gasteiger partial charge in [0.05, 0.1) is 19.1 Å². The lowest BCUT2D eigenvalue weighted by atomic mass is 10.0. The minimum Gasteiger partial charge on any atom is -0.347 e. The Labute approximate surface area is 131 Å². The standard InChI is InChI=1S/C16H23N5O/c1-2-9-20-10-5-3-7-13(20)16(22)17-12-15-19-18-14-8-4-6-11-21(14)15/h1,13H,3-12H2,(H,17,22)/t13-/m0/s1. The summed E-state index contributed by atoms with van der Waals surface area (Å²) in [5, 5.41) is 11.5. The third-order valence-electron chi connectivity index (χ3n) is 4.57. The summed E-state index contributed by atoms with van der Waals surface area (Å²) in [4.78, 5) is 14.6. The summed E-state index contributed by atoms with van der Waals surface area (Å²) in [6.45, 7) is 2.85. The van der Waals surface area contributed by atoms with Gasteiger partial charge in [0.25, 0.3) is 0 Å². The van der Waals surface area contributed by atoms with Crippen LogP contribution in [0.5, 0.6) is 0 Å². The van der Waals surface area contributed by atoms with Gasteiger partial charge in [-0.2, -0.15) is 0 Å². The molecule has 1 amide bonds. The van der Waals surface area contributed by atoms with E-state index in [1.165, 1.54) is 6.42 Å². The fourth-order valence-corrected chi connectivity index (χ4v) is 3.38. The number of terminal acetylenes is 1. The molecule has 0 aromatic carbocycles. The van der Waals surface area contributed by atoms with Crippen molar-refractivity contribution in [3.63, 3.8) is 0 Å². The Morgan fingerprint density at radius 2 is 2.14 bits per heavy atom. The monoisotopic (exact) mass is 301 g/mol. The molecule has 0 bridgehead atoms. The molecule has 2 aliphatic heterocycles. The highest BCUT2D eigenvalue weighted by Crippen LogP contribution is 2.17. The van der Waals surface area contributed by atoms with Gasteiger partial charge < -0.3 is 9.88 Å². The van der Waals surface area contributed by atoms with E-state index >= 15 is 0 Å². The molecule has 6 heteroatoms.